The molecule has 5 heteroatoms. The van der Waals surface area contributed by atoms with E-state index in [1.807, 2.05) is 6.92 Å². The fourth-order valence-corrected chi connectivity index (χ4v) is 1.74. The van der Waals surface area contributed by atoms with Crippen molar-refractivity contribution in [3.63, 3.8) is 0 Å². The Morgan fingerprint density at radius 1 is 1.11 bits per heavy atom. The molecule has 100 valence electrons. The number of rotatable bonds is 4. The highest BCUT2D eigenvalue weighted by Crippen LogP contribution is 2.36. The van der Waals surface area contributed by atoms with Crippen molar-refractivity contribution in [3.05, 3.63) is 47.2 Å². The van der Waals surface area contributed by atoms with Crippen molar-refractivity contribution in [2.75, 3.05) is 12.3 Å². The van der Waals surface area contributed by atoms with Crippen LogP contribution in [0.5, 0.6) is 17.2 Å². The van der Waals surface area contributed by atoms with Gasteiger partial charge in [-0.25, -0.2) is 4.39 Å². The summed E-state index contributed by atoms with van der Waals surface area (Å²) in [5, 5.41) is -0.00275. The molecule has 0 radical (unpaired) electrons. The second-order valence-electron chi connectivity index (χ2n) is 3.75. The fourth-order valence-electron chi connectivity index (χ4n) is 1.58. The molecule has 0 amide bonds. The van der Waals surface area contributed by atoms with Crippen molar-refractivity contribution in [2.24, 2.45) is 0 Å². The van der Waals surface area contributed by atoms with Crippen LogP contribution in [0.4, 0.5) is 10.1 Å². The van der Waals surface area contributed by atoms with Crippen molar-refractivity contribution < 1.29 is 13.9 Å². The van der Waals surface area contributed by atoms with Crippen LogP contribution >= 0.6 is 11.6 Å². The highest BCUT2D eigenvalue weighted by molar-refractivity contribution is 6.30. The van der Waals surface area contributed by atoms with Gasteiger partial charge < -0.3 is 15.2 Å². The van der Waals surface area contributed by atoms with E-state index in [0.717, 1.165) is 0 Å². The standard InChI is InChI=1S/C14H13ClFNO2/c1-2-18-11-7-4-8-12(14(11)17)19-10-6-3-5-9(15)13(10)16/h3-8H,2,17H2,1H3. The smallest absolute Gasteiger partial charge is 0.184 e. The number of hydrogen-bond acceptors (Lipinski definition) is 3. The van der Waals surface area contributed by atoms with E-state index in [1.165, 1.54) is 12.1 Å². The first kappa shape index (κ1) is 13.5. The average Bonchev–Trinajstić information content (AvgIpc) is 2.40. The zero-order valence-corrected chi connectivity index (χ0v) is 11.1. The first-order valence-corrected chi connectivity index (χ1v) is 6.14. The van der Waals surface area contributed by atoms with E-state index < -0.39 is 5.82 Å². The number of nitrogens with two attached hydrogens (primary N) is 1. The number of halogens is 2. The Hall–Kier alpha value is -1.94. The Labute approximate surface area is 115 Å². The molecule has 2 N–H and O–H groups in total. The molecule has 0 unspecified atom stereocenters. The third-order valence-corrected chi connectivity index (χ3v) is 2.75. The van der Waals surface area contributed by atoms with E-state index in [9.17, 15) is 4.39 Å². The molecule has 0 aliphatic heterocycles. The van der Waals surface area contributed by atoms with Gasteiger partial charge in [0.2, 0.25) is 0 Å². The molecular weight excluding hydrogens is 269 g/mol. The lowest BCUT2D eigenvalue weighted by Crippen LogP contribution is -1.99. The minimum atomic E-state index is -0.620. The van der Waals surface area contributed by atoms with Crippen molar-refractivity contribution in [1.29, 1.82) is 0 Å². The van der Waals surface area contributed by atoms with Gasteiger partial charge in [-0.3, -0.25) is 0 Å². The highest BCUT2D eigenvalue weighted by atomic mass is 35.5. The van der Waals surface area contributed by atoms with E-state index in [1.54, 1.807) is 24.3 Å². The molecule has 0 aliphatic carbocycles. The fraction of sp³-hybridized carbons (Fsp3) is 0.143. The van der Waals surface area contributed by atoms with E-state index >= 15 is 0 Å². The minimum Gasteiger partial charge on any atom is -0.492 e. The molecule has 0 atom stereocenters. The summed E-state index contributed by atoms with van der Waals surface area (Å²) in [5.74, 6) is 0.229. The Morgan fingerprint density at radius 2 is 1.74 bits per heavy atom. The van der Waals surface area contributed by atoms with Gasteiger partial charge in [0.1, 0.15) is 11.4 Å². The lowest BCUT2D eigenvalue weighted by Gasteiger charge is -2.12. The maximum atomic E-state index is 13.7. The molecule has 0 saturated heterocycles. The molecule has 0 aromatic heterocycles. The van der Waals surface area contributed by atoms with Crippen LogP contribution in [0, 0.1) is 5.82 Å². The zero-order valence-electron chi connectivity index (χ0n) is 10.3. The third kappa shape index (κ3) is 2.90. The first-order valence-electron chi connectivity index (χ1n) is 5.76. The molecule has 2 aromatic rings. The van der Waals surface area contributed by atoms with Gasteiger partial charge in [0, 0.05) is 0 Å². The summed E-state index contributed by atoms with van der Waals surface area (Å²) in [5.41, 5.74) is 6.22. The number of para-hydroxylation sites is 1. The van der Waals surface area contributed by atoms with Gasteiger partial charge in [-0.15, -0.1) is 0 Å². The van der Waals surface area contributed by atoms with Crippen LogP contribution in [0.3, 0.4) is 0 Å². The lowest BCUT2D eigenvalue weighted by molar-refractivity contribution is 0.340. The molecule has 0 heterocycles. The summed E-state index contributed by atoms with van der Waals surface area (Å²) in [6.07, 6.45) is 0. The number of nitrogen functional groups attached to an aromatic ring is 1. The maximum absolute atomic E-state index is 13.7. The first-order chi connectivity index (χ1) is 9.13. The normalized spacial score (nSPS) is 10.3. The van der Waals surface area contributed by atoms with Gasteiger partial charge in [-0.1, -0.05) is 23.7 Å². The van der Waals surface area contributed by atoms with Gasteiger partial charge in [0.15, 0.2) is 17.3 Å². The number of ether oxygens (including phenoxy) is 2. The lowest BCUT2D eigenvalue weighted by atomic mass is 10.2. The van der Waals surface area contributed by atoms with Crippen molar-refractivity contribution in [3.8, 4) is 17.2 Å². The number of anilines is 1. The molecule has 19 heavy (non-hydrogen) atoms. The molecule has 0 bridgehead atoms. The molecule has 2 aromatic carbocycles. The van der Waals surface area contributed by atoms with Crippen LogP contribution in [0.2, 0.25) is 5.02 Å². The zero-order chi connectivity index (χ0) is 13.8. The largest absolute Gasteiger partial charge is 0.492 e. The van der Waals surface area contributed by atoms with Crippen molar-refractivity contribution in [2.45, 2.75) is 6.92 Å². The Morgan fingerprint density at radius 3 is 2.47 bits per heavy atom. The molecule has 2 rings (SSSR count). The van der Waals surface area contributed by atoms with E-state index in [2.05, 4.69) is 0 Å². The molecular formula is C14H13ClFNO2. The summed E-state index contributed by atoms with van der Waals surface area (Å²) in [6.45, 7) is 2.34. The van der Waals surface area contributed by atoms with Crippen LogP contribution in [0.25, 0.3) is 0 Å². The van der Waals surface area contributed by atoms with Gasteiger partial charge >= 0.3 is 0 Å². The van der Waals surface area contributed by atoms with Gasteiger partial charge in [0.25, 0.3) is 0 Å². The van der Waals surface area contributed by atoms with Crippen LogP contribution < -0.4 is 15.2 Å². The topological polar surface area (TPSA) is 44.5 Å². The molecule has 0 aliphatic rings. The predicted molar refractivity (Wildman–Crippen MR) is 73.5 cm³/mol. The summed E-state index contributed by atoms with van der Waals surface area (Å²) in [4.78, 5) is 0. The van der Waals surface area contributed by atoms with Crippen LogP contribution in [0.1, 0.15) is 6.92 Å². The van der Waals surface area contributed by atoms with Crippen LogP contribution in [0.15, 0.2) is 36.4 Å². The van der Waals surface area contributed by atoms with Crippen LogP contribution in [-0.2, 0) is 0 Å². The Balaban J connectivity index is 2.33. The number of benzene rings is 2. The second-order valence-corrected chi connectivity index (χ2v) is 4.16. The molecule has 0 spiro atoms. The third-order valence-electron chi connectivity index (χ3n) is 2.46. The van der Waals surface area contributed by atoms with E-state index in [0.29, 0.717) is 23.8 Å². The quantitative estimate of drug-likeness (QED) is 0.852. The second kappa shape index (κ2) is 5.80. The Kier molecular flexibility index (Phi) is 4.12. The van der Waals surface area contributed by atoms with Gasteiger partial charge in [-0.05, 0) is 31.2 Å². The highest BCUT2D eigenvalue weighted by Gasteiger charge is 2.12. The van der Waals surface area contributed by atoms with E-state index in [4.69, 9.17) is 26.8 Å². The minimum absolute atomic E-state index is 0.00275. The van der Waals surface area contributed by atoms with E-state index in [-0.39, 0.29) is 10.8 Å². The van der Waals surface area contributed by atoms with Crippen molar-refractivity contribution in [1.82, 2.24) is 0 Å². The molecule has 0 fully saturated rings. The van der Waals surface area contributed by atoms with Gasteiger partial charge in [-0.2, -0.15) is 0 Å². The van der Waals surface area contributed by atoms with Gasteiger partial charge in [0.05, 0.1) is 11.6 Å². The summed E-state index contributed by atoms with van der Waals surface area (Å²) < 4.78 is 24.5. The SMILES string of the molecule is CCOc1cccc(Oc2cccc(Cl)c2F)c1N. The average molecular weight is 282 g/mol. The summed E-state index contributed by atoms with van der Waals surface area (Å²) >= 11 is 5.69. The van der Waals surface area contributed by atoms with Crippen LogP contribution in [-0.4, -0.2) is 6.61 Å². The number of hydrogen-bond donors (Lipinski definition) is 1. The molecule has 3 nitrogen and oxygen atoms in total. The maximum Gasteiger partial charge on any atom is 0.184 e. The summed E-state index contributed by atoms with van der Waals surface area (Å²) in [7, 11) is 0. The monoisotopic (exact) mass is 281 g/mol. The van der Waals surface area contributed by atoms with Crippen molar-refractivity contribution >= 4 is 17.3 Å². The predicted octanol–water partition coefficient (Wildman–Crippen LogP) is 4.25. The molecule has 0 saturated carbocycles. The summed E-state index contributed by atoms with van der Waals surface area (Å²) in [6, 6.07) is 9.61. The Bertz CT molecular complexity index is 590.